The second-order valence-electron chi connectivity index (χ2n) is 4.18. The highest BCUT2D eigenvalue weighted by Gasteiger charge is 2.16. The Balaban J connectivity index is 2.43. The van der Waals surface area contributed by atoms with Crippen molar-refractivity contribution < 1.29 is 19.4 Å². The van der Waals surface area contributed by atoms with Gasteiger partial charge in [-0.05, 0) is 32.6 Å². The van der Waals surface area contributed by atoms with Crippen molar-refractivity contribution in [1.29, 1.82) is 0 Å². The number of hydrogen-bond donors (Lipinski definition) is 1. The third kappa shape index (κ3) is 4.47. The second-order valence-corrected chi connectivity index (χ2v) is 4.18. The van der Waals surface area contributed by atoms with E-state index in [0.29, 0.717) is 0 Å². The van der Waals surface area contributed by atoms with Crippen molar-refractivity contribution in [1.82, 2.24) is 0 Å². The summed E-state index contributed by atoms with van der Waals surface area (Å²) in [6.45, 7) is 1.39. The fourth-order valence-corrected chi connectivity index (χ4v) is 1.80. The zero-order valence-electron chi connectivity index (χ0n) is 9.57. The Hall–Kier alpha value is -1.32. The Morgan fingerprint density at radius 1 is 1.19 bits per heavy atom. The van der Waals surface area contributed by atoms with Crippen LogP contribution in [0.3, 0.4) is 0 Å². The molecule has 4 heteroatoms. The van der Waals surface area contributed by atoms with Crippen molar-refractivity contribution >= 4 is 11.9 Å². The van der Waals surface area contributed by atoms with Gasteiger partial charge in [0.05, 0.1) is 0 Å². The first-order valence-electron chi connectivity index (χ1n) is 5.72. The van der Waals surface area contributed by atoms with E-state index in [1.165, 1.54) is 19.8 Å². The number of esters is 1. The van der Waals surface area contributed by atoms with E-state index in [-0.39, 0.29) is 11.7 Å². The molecule has 0 heterocycles. The SMILES string of the molecule is C/C(=C/C(=O)OC1CCCCCC1)C(=O)O. The Bertz CT molecular complexity index is 285. The molecule has 16 heavy (non-hydrogen) atoms. The van der Waals surface area contributed by atoms with Crippen LogP contribution in [0, 0.1) is 0 Å². The van der Waals surface area contributed by atoms with E-state index in [0.717, 1.165) is 31.8 Å². The van der Waals surface area contributed by atoms with Crippen LogP contribution in [0.5, 0.6) is 0 Å². The van der Waals surface area contributed by atoms with Crippen LogP contribution in [0.4, 0.5) is 0 Å². The molecule has 1 aliphatic carbocycles. The number of hydrogen-bond acceptors (Lipinski definition) is 3. The molecule has 4 nitrogen and oxygen atoms in total. The van der Waals surface area contributed by atoms with Gasteiger partial charge < -0.3 is 9.84 Å². The van der Waals surface area contributed by atoms with Gasteiger partial charge in [-0.15, -0.1) is 0 Å². The van der Waals surface area contributed by atoms with Gasteiger partial charge in [0.25, 0.3) is 0 Å². The number of rotatable bonds is 3. The lowest BCUT2D eigenvalue weighted by Gasteiger charge is -2.13. The summed E-state index contributed by atoms with van der Waals surface area (Å²) in [5.41, 5.74) is 0.0126. The first-order valence-corrected chi connectivity index (χ1v) is 5.72. The van der Waals surface area contributed by atoms with E-state index in [2.05, 4.69) is 0 Å². The van der Waals surface area contributed by atoms with Gasteiger partial charge >= 0.3 is 11.9 Å². The lowest BCUT2D eigenvalue weighted by molar-refractivity contribution is -0.144. The minimum atomic E-state index is -1.09. The third-order valence-electron chi connectivity index (χ3n) is 2.76. The Kier molecular flexibility index (Phi) is 5.02. The largest absolute Gasteiger partial charge is 0.478 e. The van der Waals surface area contributed by atoms with Crippen LogP contribution in [0.25, 0.3) is 0 Å². The Morgan fingerprint density at radius 2 is 1.75 bits per heavy atom. The van der Waals surface area contributed by atoms with Crippen molar-refractivity contribution in [2.45, 2.75) is 51.6 Å². The van der Waals surface area contributed by atoms with Crippen molar-refractivity contribution in [3.8, 4) is 0 Å². The summed E-state index contributed by atoms with van der Waals surface area (Å²) >= 11 is 0. The molecule has 0 aromatic heterocycles. The molecule has 1 N–H and O–H groups in total. The fourth-order valence-electron chi connectivity index (χ4n) is 1.80. The topological polar surface area (TPSA) is 63.6 Å². The maximum Gasteiger partial charge on any atom is 0.331 e. The van der Waals surface area contributed by atoms with Gasteiger partial charge in [0.15, 0.2) is 0 Å². The van der Waals surface area contributed by atoms with Crippen LogP contribution >= 0.6 is 0 Å². The molecule has 1 saturated carbocycles. The van der Waals surface area contributed by atoms with Gasteiger partial charge in [-0.2, -0.15) is 0 Å². The maximum atomic E-state index is 11.4. The van der Waals surface area contributed by atoms with E-state index < -0.39 is 11.9 Å². The summed E-state index contributed by atoms with van der Waals surface area (Å²) in [4.78, 5) is 21.9. The van der Waals surface area contributed by atoms with E-state index >= 15 is 0 Å². The molecule has 1 fully saturated rings. The lowest BCUT2D eigenvalue weighted by atomic mass is 10.1. The van der Waals surface area contributed by atoms with Crippen molar-refractivity contribution in [3.63, 3.8) is 0 Å². The van der Waals surface area contributed by atoms with Gasteiger partial charge in [-0.3, -0.25) is 0 Å². The molecule has 0 unspecified atom stereocenters. The second kappa shape index (κ2) is 6.30. The number of carbonyl (C=O) groups excluding carboxylic acids is 1. The number of aliphatic carboxylic acids is 1. The molecule has 0 aromatic carbocycles. The monoisotopic (exact) mass is 226 g/mol. The summed E-state index contributed by atoms with van der Waals surface area (Å²) in [5, 5.41) is 8.61. The highest BCUT2D eigenvalue weighted by atomic mass is 16.5. The zero-order chi connectivity index (χ0) is 12.0. The molecule has 0 radical (unpaired) electrons. The first kappa shape index (κ1) is 12.7. The predicted molar refractivity (Wildman–Crippen MR) is 59.0 cm³/mol. The summed E-state index contributed by atoms with van der Waals surface area (Å²) in [6.07, 6.45) is 7.35. The van der Waals surface area contributed by atoms with Gasteiger partial charge in [0.2, 0.25) is 0 Å². The molecular formula is C12H18O4. The predicted octanol–water partition coefficient (Wildman–Crippen LogP) is 2.28. The molecule has 0 spiro atoms. The van der Waals surface area contributed by atoms with Crippen LogP contribution in [-0.2, 0) is 14.3 Å². The maximum absolute atomic E-state index is 11.4. The Morgan fingerprint density at radius 3 is 2.25 bits per heavy atom. The number of ether oxygens (including phenoxy) is 1. The molecular weight excluding hydrogens is 208 g/mol. The van der Waals surface area contributed by atoms with Crippen molar-refractivity contribution in [3.05, 3.63) is 11.6 Å². The van der Waals surface area contributed by atoms with Crippen LogP contribution in [0.1, 0.15) is 45.4 Å². The molecule has 0 bridgehead atoms. The number of carbonyl (C=O) groups is 2. The third-order valence-corrected chi connectivity index (χ3v) is 2.76. The van der Waals surface area contributed by atoms with Gasteiger partial charge in [-0.1, -0.05) is 12.8 Å². The first-order chi connectivity index (χ1) is 7.59. The summed E-state index contributed by atoms with van der Waals surface area (Å²) < 4.78 is 5.21. The molecule has 0 amide bonds. The molecule has 90 valence electrons. The van der Waals surface area contributed by atoms with Crippen LogP contribution in [0.2, 0.25) is 0 Å². The van der Waals surface area contributed by atoms with Gasteiger partial charge in [0, 0.05) is 11.6 Å². The molecule has 0 saturated heterocycles. The standard InChI is InChI=1S/C12H18O4/c1-9(12(14)15)8-11(13)16-10-6-4-2-3-5-7-10/h8,10H,2-7H2,1H3,(H,14,15)/b9-8-. The van der Waals surface area contributed by atoms with Crippen LogP contribution in [-0.4, -0.2) is 23.1 Å². The average Bonchev–Trinajstić information content (AvgIpc) is 2.45. The highest BCUT2D eigenvalue weighted by Crippen LogP contribution is 2.20. The smallest absolute Gasteiger partial charge is 0.331 e. The minimum absolute atomic E-state index is 0.0126. The van der Waals surface area contributed by atoms with Crippen molar-refractivity contribution in [2.24, 2.45) is 0 Å². The number of carboxylic acid groups (broad SMARTS) is 1. The van der Waals surface area contributed by atoms with Gasteiger partial charge in [-0.25, -0.2) is 9.59 Å². The molecule has 0 aromatic rings. The summed E-state index contributed by atoms with van der Waals surface area (Å²) in [7, 11) is 0. The quantitative estimate of drug-likeness (QED) is 0.455. The van der Waals surface area contributed by atoms with Gasteiger partial charge in [0.1, 0.15) is 6.10 Å². The number of carboxylic acids is 1. The van der Waals surface area contributed by atoms with E-state index in [1.54, 1.807) is 0 Å². The highest BCUT2D eigenvalue weighted by molar-refractivity contribution is 5.94. The molecule has 0 atom stereocenters. The van der Waals surface area contributed by atoms with E-state index in [9.17, 15) is 9.59 Å². The molecule has 1 rings (SSSR count). The van der Waals surface area contributed by atoms with E-state index in [4.69, 9.17) is 9.84 Å². The summed E-state index contributed by atoms with van der Waals surface area (Å²) in [5.74, 6) is -1.62. The lowest BCUT2D eigenvalue weighted by Crippen LogP contribution is -2.16. The fraction of sp³-hybridized carbons (Fsp3) is 0.667. The summed E-state index contributed by atoms with van der Waals surface area (Å²) in [6, 6.07) is 0. The molecule has 0 aliphatic heterocycles. The molecule has 1 aliphatic rings. The normalized spacial score (nSPS) is 18.9. The van der Waals surface area contributed by atoms with Crippen LogP contribution in [0.15, 0.2) is 11.6 Å². The van der Waals surface area contributed by atoms with E-state index in [1.807, 2.05) is 0 Å². The zero-order valence-corrected chi connectivity index (χ0v) is 9.57. The Labute approximate surface area is 95.3 Å². The van der Waals surface area contributed by atoms with Crippen LogP contribution < -0.4 is 0 Å². The van der Waals surface area contributed by atoms with Crippen molar-refractivity contribution in [2.75, 3.05) is 0 Å². The average molecular weight is 226 g/mol. The minimum Gasteiger partial charge on any atom is -0.478 e.